The molecule has 0 radical (unpaired) electrons. The number of amides is 2. The van der Waals surface area contributed by atoms with Gasteiger partial charge in [0.1, 0.15) is 36.8 Å². The number of carbonyl (C=O) groups excluding carboxylic acids is 3. The van der Waals surface area contributed by atoms with E-state index in [1.165, 1.54) is 23.8 Å². The van der Waals surface area contributed by atoms with Crippen molar-refractivity contribution in [2.75, 3.05) is 52.7 Å². The van der Waals surface area contributed by atoms with E-state index in [2.05, 4.69) is 22.5 Å². The molecule has 0 spiro atoms. The maximum absolute atomic E-state index is 12.9. The third kappa shape index (κ3) is 6.61. The number of nitrogens with two attached hydrogens (primary N) is 1. The third-order valence-corrected chi connectivity index (χ3v) is 8.25. The van der Waals surface area contributed by atoms with E-state index in [0.29, 0.717) is 12.1 Å². The Morgan fingerprint density at radius 2 is 2.00 bits per heavy atom. The minimum Gasteiger partial charge on any atom is -0.548 e. The fourth-order valence-corrected chi connectivity index (χ4v) is 6.39. The number of rotatable bonds is 9. The van der Waals surface area contributed by atoms with Crippen LogP contribution >= 0.6 is 23.1 Å². The molecule has 4 rings (SSSR count). The monoisotopic (exact) mass is 554 g/mol. The van der Waals surface area contributed by atoms with Crippen LogP contribution in [0.2, 0.25) is 0 Å². The Morgan fingerprint density at radius 1 is 1.32 bits per heavy atom. The van der Waals surface area contributed by atoms with Gasteiger partial charge in [0.25, 0.3) is 5.91 Å². The number of fused-ring (bicyclic) bond motifs is 1. The van der Waals surface area contributed by atoms with Gasteiger partial charge in [0.15, 0.2) is 10.8 Å². The van der Waals surface area contributed by atoms with Crippen LogP contribution in [0.1, 0.15) is 32.4 Å². The number of aliphatic carboxylic acids is 1. The molecule has 2 fully saturated rings. The number of β-lactam (4-membered cyclic amide) rings is 1. The van der Waals surface area contributed by atoms with E-state index in [1.54, 1.807) is 10.8 Å². The van der Waals surface area contributed by atoms with Crippen LogP contribution in [-0.4, -0.2) is 102 Å². The molecule has 12 nitrogen and oxygen atoms in total. The second kappa shape index (κ2) is 12.7. The van der Waals surface area contributed by atoms with Crippen LogP contribution in [0, 0.1) is 0 Å². The SMILES string of the molecule is CCOCC.CO/N=C(\C(=O)N[C@@H]1C(=O)N2C(C(=O)[O-])C(C[N+]3(C)CCCC3)=CS[C@H]12)c1csc(N)n1. The number of anilines is 1. The fourth-order valence-electron chi connectivity index (χ4n) is 4.63. The normalized spacial score (nSPS) is 24.3. The number of aromatic nitrogens is 1. The molecular weight excluding hydrogens is 520 g/mol. The lowest BCUT2D eigenvalue weighted by molar-refractivity contribution is -0.893. The molecule has 3 aliphatic rings. The summed E-state index contributed by atoms with van der Waals surface area (Å²) in [5, 5.41) is 21.4. The number of nitrogens with zero attached hydrogens (tertiary/aromatic N) is 4. The summed E-state index contributed by atoms with van der Waals surface area (Å²) in [5.74, 6) is -2.45. The fraction of sp³-hybridized carbons (Fsp3) is 0.609. The van der Waals surface area contributed by atoms with Crippen LogP contribution in [-0.2, 0) is 24.0 Å². The summed E-state index contributed by atoms with van der Waals surface area (Å²) in [6.45, 7) is 8.16. The number of quaternary nitrogens is 1. The topological polar surface area (TPSA) is 159 Å². The summed E-state index contributed by atoms with van der Waals surface area (Å²) in [5.41, 5.74) is 6.40. The summed E-state index contributed by atoms with van der Waals surface area (Å²) in [7, 11) is 3.39. The minimum atomic E-state index is -1.31. The molecule has 0 aromatic carbocycles. The second-order valence-corrected chi connectivity index (χ2v) is 10.9. The number of likely N-dealkylation sites (N-methyl/N-ethyl adjacent to an activating group) is 1. The van der Waals surface area contributed by atoms with Gasteiger partial charge in [-0.25, -0.2) is 4.98 Å². The van der Waals surface area contributed by atoms with Gasteiger partial charge in [0.05, 0.1) is 26.1 Å². The highest BCUT2D eigenvalue weighted by atomic mass is 32.2. The zero-order valence-electron chi connectivity index (χ0n) is 21.5. The van der Waals surface area contributed by atoms with Crippen molar-refractivity contribution in [2.24, 2.45) is 5.16 Å². The summed E-state index contributed by atoms with van der Waals surface area (Å²) in [6, 6.07) is -2.04. The molecule has 3 N–H and O–H groups in total. The van der Waals surface area contributed by atoms with E-state index in [9.17, 15) is 19.5 Å². The zero-order chi connectivity index (χ0) is 27.2. The van der Waals surface area contributed by atoms with E-state index < -0.39 is 35.2 Å². The predicted molar refractivity (Wildman–Crippen MR) is 139 cm³/mol. The van der Waals surface area contributed by atoms with Gasteiger partial charge in [0.2, 0.25) is 5.91 Å². The van der Waals surface area contributed by atoms with Crippen molar-refractivity contribution in [3.63, 3.8) is 0 Å². The molecular formula is C23H34N6O6S2. The molecule has 37 heavy (non-hydrogen) atoms. The maximum Gasteiger partial charge on any atom is 0.276 e. The Labute approximate surface area is 224 Å². The molecule has 3 aliphatic heterocycles. The zero-order valence-corrected chi connectivity index (χ0v) is 23.1. The number of nitrogen functional groups attached to an aromatic ring is 1. The molecule has 0 bridgehead atoms. The number of hydrogen-bond acceptors (Lipinski definition) is 11. The van der Waals surface area contributed by atoms with E-state index in [4.69, 9.17) is 15.3 Å². The Kier molecular flexibility index (Phi) is 9.93. The lowest BCUT2D eigenvalue weighted by atomic mass is 9.97. The van der Waals surface area contributed by atoms with Gasteiger partial charge in [0, 0.05) is 37.0 Å². The molecule has 1 unspecified atom stereocenters. The summed E-state index contributed by atoms with van der Waals surface area (Å²) >= 11 is 2.46. The van der Waals surface area contributed by atoms with E-state index in [1.807, 2.05) is 13.8 Å². The molecule has 3 atom stereocenters. The van der Waals surface area contributed by atoms with Crippen molar-refractivity contribution in [1.82, 2.24) is 15.2 Å². The smallest absolute Gasteiger partial charge is 0.276 e. The first-order valence-corrected chi connectivity index (χ1v) is 13.9. The summed E-state index contributed by atoms with van der Waals surface area (Å²) in [6.07, 6.45) is 2.20. The molecule has 204 valence electrons. The van der Waals surface area contributed by atoms with Gasteiger partial charge < -0.3 is 39.9 Å². The second-order valence-electron chi connectivity index (χ2n) is 9.04. The molecule has 0 aliphatic carbocycles. The minimum absolute atomic E-state index is 0.119. The van der Waals surface area contributed by atoms with Crippen LogP contribution in [0.15, 0.2) is 21.5 Å². The quantitative estimate of drug-likeness (QED) is 0.182. The molecule has 1 aromatic heterocycles. The number of nitrogens with one attached hydrogen (secondary N) is 1. The van der Waals surface area contributed by atoms with Gasteiger partial charge in [-0.3, -0.25) is 9.59 Å². The first-order valence-electron chi connectivity index (χ1n) is 12.1. The summed E-state index contributed by atoms with van der Waals surface area (Å²) in [4.78, 5) is 47.7. The average Bonchev–Trinajstić information content (AvgIpc) is 3.49. The highest BCUT2D eigenvalue weighted by molar-refractivity contribution is 8.03. The van der Waals surface area contributed by atoms with Crippen molar-refractivity contribution in [2.45, 2.75) is 44.1 Å². The number of oxime groups is 1. The molecule has 4 heterocycles. The van der Waals surface area contributed by atoms with E-state index in [0.717, 1.165) is 55.0 Å². The van der Waals surface area contributed by atoms with Crippen LogP contribution in [0.3, 0.4) is 0 Å². The Balaban J connectivity index is 0.000000695. The summed E-state index contributed by atoms with van der Waals surface area (Å²) < 4.78 is 5.58. The van der Waals surface area contributed by atoms with Crippen LogP contribution in [0.4, 0.5) is 5.13 Å². The third-order valence-electron chi connectivity index (χ3n) is 6.36. The Morgan fingerprint density at radius 3 is 2.51 bits per heavy atom. The molecule has 1 aromatic rings. The van der Waals surface area contributed by atoms with Gasteiger partial charge in [-0.1, -0.05) is 5.16 Å². The van der Waals surface area contributed by atoms with Gasteiger partial charge >= 0.3 is 0 Å². The van der Waals surface area contributed by atoms with Crippen molar-refractivity contribution < 1.29 is 33.5 Å². The van der Waals surface area contributed by atoms with Crippen molar-refractivity contribution in [3.8, 4) is 0 Å². The number of hydrogen-bond donors (Lipinski definition) is 2. The maximum atomic E-state index is 12.9. The lowest BCUT2D eigenvalue weighted by Crippen LogP contribution is -2.75. The predicted octanol–water partition coefficient (Wildman–Crippen LogP) is -0.239. The van der Waals surface area contributed by atoms with Crippen molar-refractivity contribution >= 4 is 51.7 Å². The largest absolute Gasteiger partial charge is 0.548 e. The number of carbonyl (C=O) groups is 3. The van der Waals surface area contributed by atoms with Gasteiger partial charge in [-0.05, 0) is 19.3 Å². The van der Waals surface area contributed by atoms with E-state index >= 15 is 0 Å². The Hall–Kier alpha value is -2.68. The van der Waals surface area contributed by atoms with E-state index in [-0.39, 0.29) is 16.5 Å². The number of carboxylic acids is 1. The molecule has 0 saturated carbocycles. The number of ether oxygens (including phenoxy) is 1. The highest BCUT2D eigenvalue weighted by Gasteiger charge is 2.55. The van der Waals surface area contributed by atoms with Gasteiger partial charge in [-0.2, -0.15) is 0 Å². The number of likely N-dealkylation sites (tertiary alicyclic amines) is 1. The average molecular weight is 555 g/mol. The Bertz CT molecular complexity index is 1050. The lowest BCUT2D eigenvalue weighted by Gasteiger charge is -2.53. The van der Waals surface area contributed by atoms with Gasteiger partial charge in [-0.15, -0.1) is 23.1 Å². The van der Waals surface area contributed by atoms with Crippen LogP contribution in [0.5, 0.6) is 0 Å². The standard InChI is InChI=1S/C19H24N6O5S2.C4H10O/c1-25(5-3-4-6-25)7-10-8-31-17-13(16(27)24(17)14(10)18(28)29)22-15(26)12(23-30-2)11-9-32-19(20)21-11;1-3-5-4-2/h8-9,13-14,17H,3-7H2,1-2H3,(H3-,20,21,22,26,28,29);3-4H2,1-2H3/b23-12-;/t13-,14?,17-;/m1./s1. The first-order chi connectivity index (χ1) is 17.7. The molecule has 14 heteroatoms. The van der Waals surface area contributed by atoms with Crippen LogP contribution in [0.25, 0.3) is 0 Å². The molecule has 2 amide bonds. The number of carboxylic acid groups (broad SMARTS) is 1. The number of thiazole rings is 1. The highest BCUT2D eigenvalue weighted by Crippen LogP contribution is 2.40. The molecule has 2 saturated heterocycles. The van der Waals surface area contributed by atoms with Crippen molar-refractivity contribution in [1.29, 1.82) is 0 Å². The number of thioether (sulfide) groups is 1. The van der Waals surface area contributed by atoms with Crippen molar-refractivity contribution in [3.05, 3.63) is 22.1 Å². The van der Waals surface area contributed by atoms with Crippen LogP contribution < -0.4 is 16.2 Å². The first kappa shape index (κ1) is 28.9.